The van der Waals surface area contributed by atoms with Crippen molar-refractivity contribution in [1.82, 2.24) is 0 Å². The van der Waals surface area contributed by atoms with Crippen molar-refractivity contribution in [2.24, 2.45) is 5.92 Å². The molecule has 0 radical (unpaired) electrons. The van der Waals surface area contributed by atoms with Crippen molar-refractivity contribution >= 4 is 31.9 Å². The van der Waals surface area contributed by atoms with Gasteiger partial charge in [-0.3, -0.25) is 0 Å². The number of halogens is 2. The summed E-state index contributed by atoms with van der Waals surface area (Å²) in [6.07, 6.45) is 0. The lowest BCUT2D eigenvalue weighted by atomic mass is 10.2. The summed E-state index contributed by atoms with van der Waals surface area (Å²) in [7, 11) is 0. The molecule has 0 spiro atoms. The van der Waals surface area contributed by atoms with Crippen LogP contribution >= 0.6 is 31.9 Å². The van der Waals surface area contributed by atoms with Gasteiger partial charge in [0, 0.05) is 0 Å². The van der Waals surface area contributed by atoms with Crippen LogP contribution in [0.5, 0.6) is 0 Å². The van der Waals surface area contributed by atoms with Gasteiger partial charge in [-0.05, 0) is 5.92 Å². The topological polar surface area (TPSA) is 23.8 Å². The molecular formula is C5H7Br2N. The van der Waals surface area contributed by atoms with Crippen LogP contribution in [0.25, 0.3) is 0 Å². The number of rotatable bonds is 1. The molecule has 1 nitrogen and oxygen atoms in total. The summed E-state index contributed by atoms with van der Waals surface area (Å²) in [5, 5.41) is 8.42. The second kappa shape index (κ2) is 2.84. The average molecular weight is 241 g/mol. The van der Waals surface area contributed by atoms with Gasteiger partial charge >= 0.3 is 0 Å². The molecule has 46 valence electrons. The van der Waals surface area contributed by atoms with E-state index in [1.165, 1.54) is 0 Å². The van der Waals surface area contributed by atoms with Crippen LogP contribution in [0, 0.1) is 17.2 Å². The molecule has 0 aromatic carbocycles. The van der Waals surface area contributed by atoms with Gasteiger partial charge in [0.25, 0.3) is 0 Å². The molecule has 0 saturated heterocycles. The predicted molar refractivity (Wildman–Crippen MR) is 41.0 cm³/mol. The monoisotopic (exact) mass is 239 g/mol. The van der Waals surface area contributed by atoms with Gasteiger partial charge in [0.1, 0.15) is 0 Å². The van der Waals surface area contributed by atoms with Gasteiger partial charge in [-0.25, -0.2) is 0 Å². The van der Waals surface area contributed by atoms with E-state index < -0.39 is 3.23 Å². The number of hydrogen-bond acceptors (Lipinski definition) is 1. The van der Waals surface area contributed by atoms with Crippen LogP contribution in [0.3, 0.4) is 0 Å². The molecule has 0 fully saturated rings. The third-order valence-electron chi connectivity index (χ3n) is 0.874. The van der Waals surface area contributed by atoms with E-state index in [4.69, 9.17) is 5.26 Å². The molecule has 0 rings (SSSR count). The summed E-state index contributed by atoms with van der Waals surface area (Å²) in [5.74, 6) is 0.285. The highest BCUT2D eigenvalue weighted by molar-refractivity contribution is 9.25. The van der Waals surface area contributed by atoms with E-state index in [1.54, 1.807) is 0 Å². The molecule has 0 atom stereocenters. The van der Waals surface area contributed by atoms with E-state index in [0.717, 1.165) is 0 Å². The third kappa shape index (κ3) is 2.15. The maximum absolute atomic E-state index is 8.42. The van der Waals surface area contributed by atoms with E-state index in [2.05, 4.69) is 37.9 Å². The van der Waals surface area contributed by atoms with Crippen molar-refractivity contribution in [1.29, 1.82) is 5.26 Å². The highest BCUT2D eigenvalue weighted by atomic mass is 79.9. The standard InChI is InChI=1S/C5H7Br2N/c1-4(2)5(6,7)3-8/h4H,1-2H3. The number of nitriles is 1. The maximum atomic E-state index is 8.42. The number of alkyl halides is 2. The normalized spacial score (nSPS) is 11.5. The van der Waals surface area contributed by atoms with Gasteiger partial charge in [-0.1, -0.05) is 45.7 Å². The van der Waals surface area contributed by atoms with Gasteiger partial charge in [0.05, 0.1) is 6.07 Å². The fraction of sp³-hybridized carbons (Fsp3) is 0.800. The Kier molecular flexibility index (Phi) is 3.00. The summed E-state index contributed by atoms with van der Waals surface area (Å²) in [5.41, 5.74) is 0. The zero-order valence-corrected chi connectivity index (χ0v) is 7.95. The quantitative estimate of drug-likeness (QED) is 0.647. The minimum atomic E-state index is -0.528. The first kappa shape index (κ1) is 8.45. The number of nitrogens with zero attached hydrogens (tertiary/aromatic N) is 1. The lowest BCUT2D eigenvalue weighted by Crippen LogP contribution is -2.15. The summed E-state index contributed by atoms with van der Waals surface area (Å²) < 4.78 is -0.528. The Balaban J connectivity index is 3.97. The van der Waals surface area contributed by atoms with Crippen LogP contribution in [-0.2, 0) is 0 Å². The van der Waals surface area contributed by atoms with Gasteiger partial charge in [0.15, 0.2) is 3.23 Å². The van der Waals surface area contributed by atoms with E-state index >= 15 is 0 Å². The van der Waals surface area contributed by atoms with Crippen LogP contribution < -0.4 is 0 Å². The minimum Gasteiger partial charge on any atom is -0.196 e. The van der Waals surface area contributed by atoms with Crippen molar-refractivity contribution in [3.8, 4) is 6.07 Å². The smallest absolute Gasteiger partial charge is 0.168 e. The van der Waals surface area contributed by atoms with Gasteiger partial charge in [-0.2, -0.15) is 5.26 Å². The van der Waals surface area contributed by atoms with Gasteiger partial charge < -0.3 is 0 Å². The highest BCUT2D eigenvalue weighted by Crippen LogP contribution is 2.33. The van der Waals surface area contributed by atoms with Crippen molar-refractivity contribution in [3.63, 3.8) is 0 Å². The average Bonchev–Trinajstić information content (AvgIpc) is 1.67. The Labute approximate surface area is 66.3 Å². The van der Waals surface area contributed by atoms with Gasteiger partial charge in [-0.15, -0.1) is 0 Å². The van der Waals surface area contributed by atoms with E-state index in [9.17, 15) is 0 Å². The Morgan fingerprint density at radius 3 is 1.88 bits per heavy atom. The first-order chi connectivity index (χ1) is 3.50. The first-order valence-corrected chi connectivity index (χ1v) is 3.88. The van der Waals surface area contributed by atoms with Crippen molar-refractivity contribution < 1.29 is 0 Å². The zero-order valence-electron chi connectivity index (χ0n) is 4.78. The Hall–Kier alpha value is 0.450. The van der Waals surface area contributed by atoms with Crippen LogP contribution in [0.1, 0.15) is 13.8 Å². The van der Waals surface area contributed by atoms with Crippen LogP contribution in [0.4, 0.5) is 0 Å². The summed E-state index contributed by atoms with van der Waals surface area (Å²) in [6.45, 7) is 3.93. The number of hydrogen-bond donors (Lipinski definition) is 0. The molecule has 0 aromatic rings. The highest BCUT2D eigenvalue weighted by Gasteiger charge is 2.25. The molecule has 0 saturated carbocycles. The van der Waals surface area contributed by atoms with E-state index in [0.29, 0.717) is 0 Å². The summed E-state index contributed by atoms with van der Waals surface area (Å²) >= 11 is 6.40. The second-order valence-corrected chi connectivity index (χ2v) is 5.46. The van der Waals surface area contributed by atoms with Crippen molar-refractivity contribution in [3.05, 3.63) is 0 Å². The molecular weight excluding hydrogens is 234 g/mol. The first-order valence-electron chi connectivity index (χ1n) is 2.29. The van der Waals surface area contributed by atoms with Gasteiger partial charge in [0.2, 0.25) is 0 Å². The summed E-state index contributed by atoms with van der Waals surface area (Å²) in [4.78, 5) is 0. The van der Waals surface area contributed by atoms with Crippen LogP contribution in [0.15, 0.2) is 0 Å². The van der Waals surface area contributed by atoms with Crippen LogP contribution in [-0.4, -0.2) is 3.23 Å². The SMILES string of the molecule is CC(C)C(Br)(Br)C#N. The predicted octanol–water partition coefficient (Wildman–Crippen LogP) is 2.65. The Bertz CT molecular complexity index is 112. The molecule has 0 heterocycles. The molecule has 0 bridgehead atoms. The third-order valence-corrected chi connectivity index (χ3v) is 3.06. The van der Waals surface area contributed by atoms with Crippen molar-refractivity contribution in [2.45, 2.75) is 17.1 Å². The molecule has 0 N–H and O–H groups in total. The zero-order chi connectivity index (χ0) is 6.78. The Morgan fingerprint density at radius 1 is 1.50 bits per heavy atom. The lowest BCUT2D eigenvalue weighted by Gasteiger charge is -2.14. The minimum absolute atomic E-state index is 0.285. The van der Waals surface area contributed by atoms with E-state index in [-0.39, 0.29) is 5.92 Å². The van der Waals surface area contributed by atoms with Crippen LogP contribution in [0.2, 0.25) is 0 Å². The Morgan fingerprint density at radius 2 is 1.88 bits per heavy atom. The molecule has 0 aliphatic heterocycles. The molecule has 0 aliphatic rings. The van der Waals surface area contributed by atoms with Crippen molar-refractivity contribution in [2.75, 3.05) is 0 Å². The molecule has 0 amide bonds. The fourth-order valence-electron chi connectivity index (χ4n) is 0.129. The summed E-state index contributed by atoms with van der Waals surface area (Å²) in [6, 6.07) is 2.07. The lowest BCUT2D eigenvalue weighted by molar-refractivity contribution is 0.668. The maximum Gasteiger partial charge on any atom is 0.168 e. The second-order valence-electron chi connectivity index (χ2n) is 1.89. The molecule has 0 unspecified atom stereocenters. The molecule has 8 heavy (non-hydrogen) atoms. The van der Waals surface area contributed by atoms with E-state index in [1.807, 2.05) is 13.8 Å². The molecule has 0 aromatic heterocycles. The largest absolute Gasteiger partial charge is 0.196 e. The molecule has 0 aliphatic carbocycles. The fourth-order valence-corrected chi connectivity index (χ4v) is 0.129. The molecule has 3 heteroatoms.